The van der Waals surface area contributed by atoms with Gasteiger partial charge in [0.2, 0.25) is 0 Å². The van der Waals surface area contributed by atoms with Crippen molar-refractivity contribution in [2.45, 2.75) is 45.8 Å². The predicted molar refractivity (Wildman–Crippen MR) is 71.5 cm³/mol. The van der Waals surface area contributed by atoms with Gasteiger partial charge in [0, 0.05) is 25.7 Å². The van der Waals surface area contributed by atoms with E-state index >= 15 is 0 Å². The number of carbonyl (C=O) groups is 1. The molecular formula is C14H26N2O2. The standard InChI is InChI=1S/C14H26N2O2/c1-10-12-6-11(7-15(5)9-12)8-16(10)13(17)18-14(2,3)4/h10-12H,6-9H2,1-5H3/t10-,11?,12+/m0/s1. The number of hydrogen-bond donors (Lipinski definition) is 0. The van der Waals surface area contributed by atoms with Crippen LogP contribution in [0.4, 0.5) is 4.79 Å². The van der Waals surface area contributed by atoms with E-state index in [1.54, 1.807) is 0 Å². The van der Waals surface area contributed by atoms with Crippen LogP contribution >= 0.6 is 0 Å². The minimum atomic E-state index is -0.403. The van der Waals surface area contributed by atoms with Crippen LogP contribution < -0.4 is 0 Å². The predicted octanol–water partition coefficient (Wildman–Crippen LogP) is 2.19. The van der Waals surface area contributed by atoms with Crippen LogP contribution in [0.25, 0.3) is 0 Å². The molecule has 2 bridgehead atoms. The van der Waals surface area contributed by atoms with Gasteiger partial charge in [-0.3, -0.25) is 0 Å². The Morgan fingerprint density at radius 3 is 2.50 bits per heavy atom. The maximum atomic E-state index is 12.2. The van der Waals surface area contributed by atoms with E-state index < -0.39 is 5.60 Å². The first-order valence-corrected chi connectivity index (χ1v) is 6.94. The van der Waals surface area contributed by atoms with Crippen LogP contribution in [0, 0.1) is 11.8 Å². The molecule has 0 aromatic heterocycles. The molecule has 0 saturated carbocycles. The van der Waals surface area contributed by atoms with Crippen LogP contribution in [0.15, 0.2) is 0 Å². The van der Waals surface area contributed by atoms with Crippen molar-refractivity contribution in [3.63, 3.8) is 0 Å². The SMILES string of the molecule is C[C@H]1[C@@H]2CC(CN(C)C2)CN1C(=O)OC(C)(C)C. The lowest BCUT2D eigenvalue weighted by Crippen LogP contribution is -2.58. The third kappa shape index (κ3) is 2.97. The Morgan fingerprint density at radius 1 is 1.22 bits per heavy atom. The second-order valence-corrected chi connectivity index (χ2v) is 6.96. The monoisotopic (exact) mass is 254 g/mol. The van der Waals surface area contributed by atoms with E-state index in [0.717, 1.165) is 19.6 Å². The Morgan fingerprint density at radius 2 is 1.89 bits per heavy atom. The summed E-state index contributed by atoms with van der Waals surface area (Å²) in [5.41, 5.74) is -0.403. The molecule has 0 aromatic carbocycles. The van der Waals surface area contributed by atoms with Crippen LogP contribution in [0.1, 0.15) is 34.1 Å². The summed E-state index contributed by atoms with van der Waals surface area (Å²) < 4.78 is 5.51. The summed E-state index contributed by atoms with van der Waals surface area (Å²) in [6.07, 6.45) is 1.11. The summed E-state index contributed by atoms with van der Waals surface area (Å²) in [7, 11) is 2.18. The first-order valence-electron chi connectivity index (χ1n) is 6.94. The number of hydrogen-bond acceptors (Lipinski definition) is 3. The minimum Gasteiger partial charge on any atom is -0.444 e. The molecule has 104 valence electrons. The third-order valence-electron chi connectivity index (χ3n) is 4.01. The van der Waals surface area contributed by atoms with Crippen molar-refractivity contribution >= 4 is 6.09 Å². The van der Waals surface area contributed by atoms with E-state index in [-0.39, 0.29) is 6.09 Å². The first-order chi connectivity index (χ1) is 8.26. The molecule has 2 aliphatic heterocycles. The largest absolute Gasteiger partial charge is 0.444 e. The van der Waals surface area contributed by atoms with Gasteiger partial charge in [0.05, 0.1) is 0 Å². The summed E-state index contributed by atoms with van der Waals surface area (Å²) in [5.74, 6) is 1.20. The molecular weight excluding hydrogens is 228 g/mol. The smallest absolute Gasteiger partial charge is 0.410 e. The lowest BCUT2D eigenvalue weighted by atomic mass is 9.80. The molecule has 0 aromatic rings. The molecule has 2 saturated heterocycles. The Kier molecular flexibility index (Phi) is 3.58. The summed E-state index contributed by atoms with van der Waals surface area (Å²) in [6, 6.07) is 0.291. The molecule has 2 rings (SSSR count). The van der Waals surface area contributed by atoms with Gasteiger partial charge in [0.25, 0.3) is 0 Å². The van der Waals surface area contributed by atoms with Crippen molar-refractivity contribution in [1.29, 1.82) is 0 Å². The highest BCUT2D eigenvalue weighted by atomic mass is 16.6. The molecule has 4 heteroatoms. The van der Waals surface area contributed by atoms with Gasteiger partial charge in [-0.1, -0.05) is 0 Å². The maximum Gasteiger partial charge on any atom is 0.410 e. The molecule has 1 unspecified atom stereocenters. The highest BCUT2D eigenvalue weighted by molar-refractivity contribution is 5.68. The third-order valence-corrected chi connectivity index (χ3v) is 4.01. The van der Waals surface area contributed by atoms with Crippen LogP contribution in [0.2, 0.25) is 0 Å². The van der Waals surface area contributed by atoms with E-state index in [9.17, 15) is 4.79 Å². The van der Waals surface area contributed by atoms with Gasteiger partial charge in [-0.05, 0) is 53.0 Å². The Bertz CT molecular complexity index is 322. The van der Waals surface area contributed by atoms with Crippen molar-refractivity contribution in [3.05, 3.63) is 0 Å². The summed E-state index contributed by atoms with van der Waals surface area (Å²) in [5, 5.41) is 0. The fourth-order valence-corrected chi connectivity index (χ4v) is 3.23. The van der Waals surface area contributed by atoms with Gasteiger partial charge in [-0.15, -0.1) is 0 Å². The average Bonchev–Trinajstić information content (AvgIpc) is 2.20. The molecule has 0 aliphatic carbocycles. The molecule has 18 heavy (non-hydrogen) atoms. The molecule has 2 aliphatic rings. The highest BCUT2D eigenvalue weighted by Gasteiger charge is 2.41. The molecule has 2 heterocycles. The van der Waals surface area contributed by atoms with E-state index in [1.807, 2.05) is 25.7 Å². The first kappa shape index (κ1) is 13.7. The lowest BCUT2D eigenvalue weighted by molar-refractivity contribution is -0.0278. The maximum absolute atomic E-state index is 12.2. The van der Waals surface area contributed by atoms with E-state index in [0.29, 0.717) is 17.9 Å². The van der Waals surface area contributed by atoms with Gasteiger partial charge >= 0.3 is 6.09 Å². The zero-order valence-corrected chi connectivity index (χ0v) is 12.3. The van der Waals surface area contributed by atoms with Gasteiger partial charge in [0.1, 0.15) is 5.60 Å². The lowest BCUT2D eigenvalue weighted by Gasteiger charge is -2.48. The van der Waals surface area contributed by atoms with E-state index in [4.69, 9.17) is 4.74 Å². The van der Waals surface area contributed by atoms with E-state index in [1.165, 1.54) is 6.42 Å². The zero-order valence-electron chi connectivity index (χ0n) is 12.3. The number of likely N-dealkylation sites (tertiary alicyclic amines) is 2. The summed E-state index contributed by atoms with van der Waals surface area (Å²) >= 11 is 0. The molecule has 0 N–H and O–H groups in total. The molecule has 2 fully saturated rings. The molecule has 4 nitrogen and oxygen atoms in total. The Labute approximate surface area is 110 Å². The van der Waals surface area contributed by atoms with Crippen molar-refractivity contribution in [3.8, 4) is 0 Å². The minimum absolute atomic E-state index is 0.144. The number of nitrogens with zero attached hydrogens (tertiary/aromatic N) is 2. The summed E-state index contributed by atoms with van der Waals surface area (Å²) in [6.45, 7) is 11.0. The van der Waals surface area contributed by atoms with Crippen LogP contribution in [-0.2, 0) is 4.74 Å². The van der Waals surface area contributed by atoms with Crippen molar-refractivity contribution in [2.24, 2.45) is 11.8 Å². The van der Waals surface area contributed by atoms with Crippen LogP contribution in [0.5, 0.6) is 0 Å². The number of piperidine rings is 2. The fourth-order valence-electron chi connectivity index (χ4n) is 3.23. The number of amides is 1. The van der Waals surface area contributed by atoms with Crippen molar-refractivity contribution in [1.82, 2.24) is 9.80 Å². The molecule has 0 radical (unpaired) electrons. The van der Waals surface area contributed by atoms with Gasteiger partial charge < -0.3 is 14.5 Å². The quantitative estimate of drug-likeness (QED) is 0.664. The van der Waals surface area contributed by atoms with Gasteiger partial charge in [-0.2, -0.15) is 0 Å². The number of carbonyl (C=O) groups excluding carboxylic acids is 1. The molecule has 1 amide bonds. The topological polar surface area (TPSA) is 32.8 Å². The summed E-state index contributed by atoms with van der Waals surface area (Å²) in [4.78, 5) is 16.6. The number of ether oxygens (including phenoxy) is 1. The number of fused-ring (bicyclic) bond motifs is 2. The van der Waals surface area contributed by atoms with Crippen LogP contribution in [-0.4, -0.2) is 54.2 Å². The van der Waals surface area contributed by atoms with Crippen molar-refractivity contribution < 1.29 is 9.53 Å². The number of rotatable bonds is 0. The van der Waals surface area contributed by atoms with Gasteiger partial charge in [0.15, 0.2) is 0 Å². The molecule has 3 atom stereocenters. The molecule has 0 spiro atoms. The van der Waals surface area contributed by atoms with E-state index in [2.05, 4.69) is 18.9 Å². The normalized spacial score (nSPS) is 33.4. The average molecular weight is 254 g/mol. The van der Waals surface area contributed by atoms with Crippen molar-refractivity contribution in [2.75, 3.05) is 26.7 Å². The Balaban J connectivity index is 2.04. The fraction of sp³-hybridized carbons (Fsp3) is 0.929. The second-order valence-electron chi connectivity index (χ2n) is 6.96. The Hall–Kier alpha value is -0.770. The second kappa shape index (κ2) is 4.72. The van der Waals surface area contributed by atoms with Gasteiger partial charge in [-0.25, -0.2) is 4.79 Å². The highest BCUT2D eigenvalue weighted by Crippen LogP contribution is 2.33. The van der Waals surface area contributed by atoms with Crippen LogP contribution in [0.3, 0.4) is 0 Å². The zero-order chi connectivity index (χ0) is 13.5.